The highest BCUT2D eigenvalue weighted by atomic mass is 35.5. The van der Waals surface area contributed by atoms with Crippen molar-refractivity contribution in [1.82, 2.24) is 24.7 Å². The lowest BCUT2D eigenvalue weighted by Crippen LogP contribution is -2.37. The molecule has 0 unspecified atom stereocenters. The van der Waals surface area contributed by atoms with Gasteiger partial charge in [-0.1, -0.05) is 35.3 Å². The van der Waals surface area contributed by atoms with Crippen LogP contribution in [0, 0.1) is 0 Å². The van der Waals surface area contributed by atoms with Gasteiger partial charge in [0, 0.05) is 12.4 Å². The van der Waals surface area contributed by atoms with Gasteiger partial charge in [-0.3, -0.25) is 4.79 Å². The molecule has 1 atom stereocenters. The normalized spacial score (nSPS) is 12.0. The predicted octanol–water partition coefficient (Wildman–Crippen LogP) is 2.91. The smallest absolute Gasteiger partial charge is 0.269 e. The Hall–Kier alpha value is -3.31. The standard InChI is InChI=1S/C21H18Cl2N6O4/c22-14-4-3-5-15(23)18(14)29-10-13-19(28-29)25-12-26-21(13)33-16(11-32-9-8-30)20(31)27-17-6-1-2-7-24-17/h1-7,10,12,16,30H,8-9,11H2,(H,24,27,31)/t16-/m0/s1. The van der Waals surface area contributed by atoms with E-state index in [1.807, 2.05) is 0 Å². The molecular weight excluding hydrogens is 471 g/mol. The molecule has 12 heteroatoms. The molecule has 0 aliphatic rings. The number of carbonyl (C=O) groups is 1. The van der Waals surface area contributed by atoms with Crippen LogP contribution in [0.1, 0.15) is 0 Å². The predicted molar refractivity (Wildman–Crippen MR) is 122 cm³/mol. The van der Waals surface area contributed by atoms with Crippen LogP contribution < -0.4 is 10.1 Å². The minimum atomic E-state index is -1.09. The summed E-state index contributed by atoms with van der Waals surface area (Å²) in [5.74, 6) is -0.0320. The molecule has 0 spiro atoms. The van der Waals surface area contributed by atoms with Crippen molar-refractivity contribution in [1.29, 1.82) is 0 Å². The molecule has 2 N–H and O–H groups in total. The van der Waals surface area contributed by atoms with Gasteiger partial charge in [-0.05, 0) is 24.3 Å². The molecule has 170 valence electrons. The van der Waals surface area contributed by atoms with E-state index in [1.54, 1.807) is 48.8 Å². The summed E-state index contributed by atoms with van der Waals surface area (Å²) in [6, 6.07) is 10.2. The molecule has 1 aromatic carbocycles. The Morgan fingerprint density at radius 1 is 1.12 bits per heavy atom. The molecule has 0 saturated heterocycles. The number of aliphatic hydroxyl groups excluding tert-OH is 1. The Morgan fingerprint density at radius 2 is 1.94 bits per heavy atom. The van der Waals surface area contributed by atoms with E-state index in [1.165, 1.54) is 11.0 Å². The van der Waals surface area contributed by atoms with E-state index in [0.717, 1.165) is 0 Å². The van der Waals surface area contributed by atoms with Crippen LogP contribution in [0.25, 0.3) is 16.7 Å². The van der Waals surface area contributed by atoms with E-state index in [4.69, 9.17) is 37.8 Å². The van der Waals surface area contributed by atoms with Crippen molar-refractivity contribution in [3.63, 3.8) is 0 Å². The van der Waals surface area contributed by atoms with Crippen molar-refractivity contribution >= 4 is 46.0 Å². The molecule has 0 aliphatic carbocycles. The topological polar surface area (TPSA) is 124 Å². The number of hydrogen-bond acceptors (Lipinski definition) is 8. The monoisotopic (exact) mass is 488 g/mol. The summed E-state index contributed by atoms with van der Waals surface area (Å²) >= 11 is 12.6. The molecule has 0 aliphatic heterocycles. The van der Waals surface area contributed by atoms with Crippen molar-refractivity contribution in [2.75, 3.05) is 25.1 Å². The van der Waals surface area contributed by atoms with Gasteiger partial charge in [0.15, 0.2) is 5.65 Å². The van der Waals surface area contributed by atoms with Crippen LogP contribution in [-0.2, 0) is 9.53 Å². The lowest BCUT2D eigenvalue weighted by Gasteiger charge is -2.18. The summed E-state index contributed by atoms with van der Waals surface area (Å²) in [4.78, 5) is 25.2. The fourth-order valence-electron chi connectivity index (χ4n) is 2.93. The van der Waals surface area contributed by atoms with Gasteiger partial charge in [0.05, 0.1) is 29.9 Å². The zero-order valence-electron chi connectivity index (χ0n) is 17.1. The van der Waals surface area contributed by atoms with Crippen LogP contribution in [-0.4, -0.2) is 61.7 Å². The largest absolute Gasteiger partial charge is 0.461 e. The van der Waals surface area contributed by atoms with Crippen LogP contribution in [0.15, 0.2) is 55.1 Å². The zero-order valence-corrected chi connectivity index (χ0v) is 18.6. The van der Waals surface area contributed by atoms with E-state index in [9.17, 15) is 4.79 Å². The first-order valence-electron chi connectivity index (χ1n) is 9.78. The van der Waals surface area contributed by atoms with Crippen molar-refractivity contribution in [3.05, 3.63) is 65.2 Å². The summed E-state index contributed by atoms with van der Waals surface area (Å²) in [6.45, 7) is -0.286. The molecule has 3 heterocycles. The van der Waals surface area contributed by atoms with Crippen LogP contribution >= 0.6 is 23.2 Å². The van der Waals surface area contributed by atoms with Crippen molar-refractivity contribution in [3.8, 4) is 11.6 Å². The maximum absolute atomic E-state index is 12.8. The van der Waals surface area contributed by atoms with Crippen LogP contribution in [0.4, 0.5) is 5.82 Å². The number of carbonyl (C=O) groups excluding carboxylic acids is 1. The molecule has 0 radical (unpaired) electrons. The van der Waals surface area contributed by atoms with E-state index in [2.05, 4.69) is 25.4 Å². The number of amides is 1. The van der Waals surface area contributed by atoms with Crippen molar-refractivity contribution in [2.45, 2.75) is 6.10 Å². The molecular formula is C21H18Cl2N6O4. The van der Waals surface area contributed by atoms with E-state index >= 15 is 0 Å². The van der Waals surface area contributed by atoms with Gasteiger partial charge in [0.1, 0.15) is 23.2 Å². The SMILES string of the molecule is O=C(Nc1ccccn1)[C@H](COCCO)Oc1ncnc2nn(-c3c(Cl)cccc3Cl)cc12. The van der Waals surface area contributed by atoms with Gasteiger partial charge in [0.25, 0.3) is 5.91 Å². The highest BCUT2D eigenvalue weighted by Gasteiger charge is 2.24. The number of benzene rings is 1. The first kappa shape index (κ1) is 22.9. The summed E-state index contributed by atoms with van der Waals surface area (Å²) in [5.41, 5.74) is 0.789. The average molecular weight is 489 g/mol. The van der Waals surface area contributed by atoms with E-state index in [0.29, 0.717) is 32.6 Å². The summed E-state index contributed by atoms with van der Waals surface area (Å²) < 4.78 is 12.7. The number of fused-ring (bicyclic) bond motifs is 1. The number of anilines is 1. The van der Waals surface area contributed by atoms with E-state index < -0.39 is 12.0 Å². The van der Waals surface area contributed by atoms with Gasteiger partial charge < -0.3 is 19.9 Å². The van der Waals surface area contributed by atoms with Gasteiger partial charge in [-0.15, -0.1) is 5.10 Å². The quantitative estimate of drug-likeness (QED) is 0.344. The summed E-state index contributed by atoms with van der Waals surface area (Å²) in [5, 5.41) is 17.3. The minimum absolute atomic E-state index is 0.0405. The number of hydrogen-bond donors (Lipinski definition) is 2. The maximum Gasteiger partial charge on any atom is 0.269 e. The van der Waals surface area contributed by atoms with Gasteiger partial charge in [-0.2, -0.15) is 0 Å². The van der Waals surface area contributed by atoms with Crippen LogP contribution in [0.5, 0.6) is 5.88 Å². The second-order valence-electron chi connectivity index (χ2n) is 6.67. The van der Waals surface area contributed by atoms with Crippen LogP contribution in [0.3, 0.4) is 0 Å². The molecule has 4 aromatic rings. The molecule has 0 saturated carbocycles. The summed E-state index contributed by atoms with van der Waals surface area (Å²) in [6.07, 6.45) is 3.34. The second kappa shape index (κ2) is 10.5. The first-order valence-corrected chi connectivity index (χ1v) is 10.5. The fourth-order valence-corrected chi connectivity index (χ4v) is 3.50. The number of pyridine rings is 1. The number of ether oxygens (including phenoxy) is 2. The highest BCUT2D eigenvalue weighted by molar-refractivity contribution is 6.37. The lowest BCUT2D eigenvalue weighted by molar-refractivity contribution is -0.125. The van der Waals surface area contributed by atoms with Crippen molar-refractivity contribution < 1.29 is 19.4 Å². The molecule has 10 nitrogen and oxygen atoms in total. The maximum atomic E-state index is 12.8. The number of aliphatic hydroxyl groups is 1. The number of nitrogens with one attached hydrogen (secondary N) is 1. The number of aromatic nitrogens is 5. The number of rotatable bonds is 9. The lowest BCUT2D eigenvalue weighted by atomic mass is 10.3. The zero-order chi connectivity index (χ0) is 23.2. The Morgan fingerprint density at radius 3 is 2.67 bits per heavy atom. The molecule has 0 bridgehead atoms. The molecule has 1 amide bonds. The molecule has 4 rings (SSSR count). The van der Waals surface area contributed by atoms with Crippen molar-refractivity contribution in [2.24, 2.45) is 0 Å². The summed E-state index contributed by atoms with van der Waals surface area (Å²) in [7, 11) is 0. The fraction of sp³-hybridized carbons (Fsp3) is 0.190. The van der Waals surface area contributed by atoms with Gasteiger partial charge in [-0.25, -0.2) is 19.6 Å². The first-order chi connectivity index (χ1) is 16.1. The van der Waals surface area contributed by atoms with Crippen LogP contribution in [0.2, 0.25) is 10.0 Å². The number of halogens is 2. The Bertz CT molecular complexity index is 1230. The average Bonchev–Trinajstić information content (AvgIpc) is 3.23. The Balaban J connectivity index is 1.64. The third-order valence-electron chi connectivity index (χ3n) is 4.41. The third-order valence-corrected chi connectivity index (χ3v) is 5.02. The highest BCUT2D eigenvalue weighted by Crippen LogP contribution is 2.30. The number of para-hydroxylation sites is 1. The minimum Gasteiger partial charge on any atom is -0.461 e. The van der Waals surface area contributed by atoms with E-state index in [-0.39, 0.29) is 25.7 Å². The molecule has 3 aromatic heterocycles. The van der Waals surface area contributed by atoms with Gasteiger partial charge in [0.2, 0.25) is 12.0 Å². The Labute approximate surface area is 198 Å². The molecule has 33 heavy (non-hydrogen) atoms. The second-order valence-corrected chi connectivity index (χ2v) is 7.48. The Kier molecular flexibility index (Phi) is 7.30. The number of nitrogens with zero attached hydrogens (tertiary/aromatic N) is 5. The third kappa shape index (κ3) is 5.37. The van der Waals surface area contributed by atoms with Gasteiger partial charge >= 0.3 is 0 Å². The molecule has 0 fully saturated rings.